The van der Waals surface area contributed by atoms with Crippen molar-refractivity contribution in [2.45, 2.75) is 4.90 Å². The quantitative estimate of drug-likeness (QED) is 0.583. The Labute approximate surface area is 167 Å². The molecular weight excluding hydrogens is 402 g/mol. The summed E-state index contributed by atoms with van der Waals surface area (Å²) in [6.07, 6.45) is 2.52. The fourth-order valence-electron chi connectivity index (χ4n) is 2.47. The maximum absolute atomic E-state index is 12.4. The molecule has 0 amide bonds. The average molecular weight is 418 g/mol. The summed E-state index contributed by atoms with van der Waals surface area (Å²) in [6.45, 7) is 0. The van der Waals surface area contributed by atoms with E-state index in [2.05, 4.69) is 4.98 Å². The standard InChI is InChI=1S/C20H16ClNO5S/c1-26-19-10-6-15(12-22-19)27-20(23)14-5-9-18(21)17(11-14)13-3-7-16(8-4-13)28(2,24)25/h3-12H,1-2H3. The largest absolute Gasteiger partial charge is 0.481 e. The van der Waals surface area contributed by atoms with Crippen LogP contribution in [0.15, 0.2) is 65.7 Å². The number of methoxy groups -OCH3 is 1. The second-order valence-electron chi connectivity index (χ2n) is 5.92. The molecule has 8 heteroatoms. The Balaban J connectivity index is 1.87. The molecule has 3 rings (SSSR count). The summed E-state index contributed by atoms with van der Waals surface area (Å²) >= 11 is 6.26. The van der Waals surface area contributed by atoms with E-state index in [1.807, 2.05) is 0 Å². The normalized spacial score (nSPS) is 11.1. The Kier molecular flexibility index (Phi) is 5.67. The first kappa shape index (κ1) is 19.9. The second-order valence-corrected chi connectivity index (χ2v) is 8.34. The van der Waals surface area contributed by atoms with E-state index < -0.39 is 15.8 Å². The van der Waals surface area contributed by atoms with Crippen molar-refractivity contribution in [3.8, 4) is 22.8 Å². The van der Waals surface area contributed by atoms with Crippen molar-refractivity contribution < 1.29 is 22.7 Å². The highest BCUT2D eigenvalue weighted by Crippen LogP contribution is 2.30. The van der Waals surface area contributed by atoms with Gasteiger partial charge in [-0.05, 0) is 42.0 Å². The van der Waals surface area contributed by atoms with Crippen LogP contribution in [-0.2, 0) is 9.84 Å². The molecule has 1 heterocycles. The van der Waals surface area contributed by atoms with E-state index in [9.17, 15) is 13.2 Å². The summed E-state index contributed by atoms with van der Waals surface area (Å²) in [5.74, 6) is 0.114. The van der Waals surface area contributed by atoms with E-state index in [1.54, 1.807) is 42.5 Å². The maximum atomic E-state index is 12.4. The van der Waals surface area contributed by atoms with Gasteiger partial charge >= 0.3 is 5.97 Å². The van der Waals surface area contributed by atoms with Crippen LogP contribution in [0.25, 0.3) is 11.1 Å². The monoisotopic (exact) mass is 417 g/mol. The smallest absolute Gasteiger partial charge is 0.343 e. The number of aromatic nitrogens is 1. The SMILES string of the molecule is COc1ccc(OC(=O)c2ccc(Cl)c(-c3ccc(S(C)(=O)=O)cc3)c2)cn1. The number of ether oxygens (including phenoxy) is 2. The molecule has 1 aromatic heterocycles. The molecule has 0 unspecified atom stereocenters. The second kappa shape index (κ2) is 8.00. The van der Waals surface area contributed by atoms with Gasteiger partial charge in [-0.1, -0.05) is 23.7 Å². The molecule has 3 aromatic rings. The molecule has 2 aromatic carbocycles. The van der Waals surface area contributed by atoms with Crippen LogP contribution in [-0.4, -0.2) is 32.7 Å². The van der Waals surface area contributed by atoms with Crippen molar-refractivity contribution in [3.63, 3.8) is 0 Å². The van der Waals surface area contributed by atoms with Crippen LogP contribution in [0.5, 0.6) is 11.6 Å². The van der Waals surface area contributed by atoms with Gasteiger partial charge in [0.15, 0.2) is 9.84 Å². The Bertz CT molecular complexity index is 1110. The molecule has 0 aliphatic rings. The fraction of sp³-hybridized carbons (Fsp3) is 0.100. The van der Waals surface area contributed by atoms with Crippen molar-refractivity contribution in [2.24, 2.45) is 0 Å². The Morgan fingerprint density at radius 1 is 1.04 bits per heavy atom. The van der Waals surface area contributed by atoms with E-state index in [-0.39, 0.29) is 10.6 Å². The molecule has 0 aliphatic heterocycles. The van der Waals surface area contributed by atoms with E-state index in [0.717, 1.165) is 6.26 Å². The number of hydrogen-bond acceptors (Lipinski definition) is 6. The van der Waals surface area contributed by atoms with Gasteiger partial charge in [-0.15, -0.1) is 0 Å². The van der Waals surface area contributed by atoms with E-state index >= 15 is 0 Å². The average Bonchev–Trinajstić information content (AvgIpc) is 2.68. The Morgan fingerprint density at radius 3 is 2.32 bits per heavy atom. The molecule has 0 bridgehead atoms. The molecule has 0 aliphatic carbocycles. The predicted molar refractivity (Wildman–Crippen MR) is 106 cm³/mol. The lowest BCUT2D eigenvalue weighted by Gasteiger charge is -2.09. The zero-order valence-electron chi connectivity index (χ0n) is 15.0. The first-order chi connectivity index (χ1) is 13.3. The van der Waals surface area contributed by atoms with E-state index in [4.69, 9.17) is 21.1 Å². The van der Waals surface area contributed by atoms with Crippen molar-refractivity contribution in [2.75, 3.05) is 13.4 Å². The number of nitrogens with zero attached hydrogens (tertiary/aromatic N) is 1. The number of benzene rings is 2. The van der Waals surface area contributed by atoms with E-state index in [1.165, 1.54) is 25.4 Å². The minimum absolute atomic E-state index is 0.204. The van der Waals surface area contributed by atoms with Crippen molar-refractivity contribution in [1.29, 1.82) is 0 Å². The summed E-state index contributed by atoms with van der Waals surface area (Å²) in [4.78, 5) is 16.6. The molecule has 0 fully saturated rings. The molecule has 28 heavy (non-hydrogen) atoms. The summed E-state index contributed by atoms with van der Waals surface area (Å²) in [7, 11) is -1.80. The lowest BCUT2D eigenvalue weighted by Crippen LogP contribution is -2.09. The van der Waals surface area contributed by atoms with Crippen molar-refractivity contribution in [3.05, 3.63) is 71.4 Å². The highest BCUT2D eigenvalue weighted by molar-refractivity contribution is 7.90. The first-order valence-corrected chi connectivity index (χ1v) is 10.4. The minimum atomic E-state index is -3.30. The topological polar surface area (TPSA) is 82.6 Å². The van der Waals surface area contributed by atoms with Gasteiger partial charge in [-0.2, -0.15) is 0 Å². The molecule has 6 nitrogen and oxygen atoms in total. The number of pyridine rings is 1. The van der Waals surface area contributed by atoms with Crippen LogP contribution in [0.4, 0.5) is 0 Å². The number of sulfone groups is 1. The van der Waals surface area contributed by atoms with Crippen LogP contribution >= 0.6 is 11.6 Å². The minimum Gasteiger partial charge on any atom is -0.481 e. The first-order valence-electron chi connectivity index (χ1n) is 8.10. The number of carbonyl (C=O) groups is 1. The molecule has 0 spiro atoms. The Hall–Kier alpha value is -2.90. The number of esters is 1. The third-order valence-electron chi connectivity index (χ3n) is 3.92. The van der Waals surface area contributed by atoms with Crippen LogP contribution < -0.4 is 9.47 Å². The number of hydrogen-bond donors (Lipinski definition) is 0. The lowest BCUT2D eigenvalue weighted by atomic mass is 10.0. The van der Waals surface area contributed by atoms with E-state index in [0.29, 0.717) is 27.6 Å². The maximum Gasteiger partial charge on any atom is 0.343 e. The predicted octanol–water partition coefficient (Wildman–Crippen LogP) is 4.03. The van der Waals surface area contributed by atoms with Gasteiger partial charge in [0.1, 0.15) is 5.75 Å². The molecule has 0 N–H and O–H groups in total. The fourth-order valence-corrected chi connectivity index (χ4v) is 3.33. The van der Waals surface area contributed by atoms with Gasteiger partial charge in [0.25, 0.3) is 0 Å². The molecule has 0 saturated heterocycles. The Morgan fingerprint density at radius 2 is 1.75 bits per heavy atom. The summed E-state index contributed by atoms with van der Waals surface area (Å²) in [6, 6.07) is 14.2. The summed E-state index contributed by atoms with van der Waals surface area (Å²) < 4.78 is 33.5. The molecular formula is C20H16ClNO5S. The van der Waals surface area contributed by atoms with Gasteiger partial charge in [0.05, 0.1) is 23.8 Å². The van der Waals surface area contributed by atoms with Crippen molar-refractivity contribution >= 4 is 27.4 Å². The molecule has 0 saturated carbocycles. The van der Waals surface area contributed by atoms with Gasteiger partial charge in [0.2, 0.25) is 5.88 Å². The molecule has 0 atom stereocenters. The van der Waals surface area contributed by atoms with Gasteiger partial charge in [-0.25, -0.2) is 18.2 Å². The zero-order valence-corrected chi connectivity index (χ0v) is 16.6. The number of halogens is 1. The summed E-state index contributed by atoms with van der Waals surface area (Å²) in [5, 5.41) is 0.426. The third kappa shape index (κ3) is 4.49. The third-order valence-corrected chi connectivity index (χ3v) is 5.38. The van der Waals surface area contributed by atoms with Crippen molar-refractivity contribution in [1.82, 2.24) is 4.98 Å². The molecule has 144 valence electrons. The van der Waals surface area contributed by atoms with Gasteiger partial charge < -0.3 is 9.47 Å². The van der Waals surface area contributed by atoms with Crippen LogP contribution in [0.1, 0.15) is 10.4 Å². The van der Waals surface area contributed by atoms with Crippen LogP contribution in [0, 0.1) is 0 Å². The highest BCUT2D eigenvalue weighted by atomic mass is 35.5. The zero-order chi connectivity index (χ0) is 20.3. The number of carbonyl (C=O) groups excluding carboxylic acids is 1. The molecule has 0 radical (unpaired) electrons. The van der Waals surface area contributed by atoms with Crippen LogP contribution in [0.3, 0.4) is 0 Å². The van der Waals surface area contributed by atoms with Gasteiger partial charge in [-0.3, -0.25) is 0 Å². The van der Waals surface area contributed by atoms with Gasteiger partial charge in [0, 0.05) is 22.9 Å². The highest BCUT2D eigenvalue weighted by Gasteiger charge is 2.14. The number of rotatable bonds is 5. The lowest BCUT2D eigenvalue weighted by molar-refractivity contribution is 0.0734. The van der Waals surface area contributed by atoms with Crippen LogP contribution in [0.2, 0.25) is 5.02 Å². The summed E-state index contributed by atoms with van der Waals surface area (Å²) in [5.41, 5.74) is 1.56.